The number of hydrogen-bond acceptors (Lipinski definition) is 3. The number of aryl methyl sites for hydroxylation is 2. The van der Waals surface area contributed by atoms with Crippen LogP contribution in [0.5, 0.6) is 11.5 Å². The molecule has 0 saturated carbocycles. The first-order valence-corrected chi connectivity index (χ1v) is 10.9. The third kappa shape index (κ3) is 4.89. The quantitative estimate of drug-likeness (QED) is 0.236. The summed E-state index contributed by atoms with van der Waals surface area (Å²) in [6.07, 6.45) is 1.17. The van der Waals surface area contributed by atoms with Gasteiger partial charge in [-0.2, -0.15) is 0 Å². The minimum atomic E-state index is -0.756. The van der Waals surface area contributed by atoms with E-state index in [1.807, 2.05) is 48.5 Å². The van der Waals surface area contributed by atoms with Crippen LogP contribution in [0.2, 0.25) is 0 Å². The second kappa shape index (κ2) is 9.97. The van der Waals surface area contributed by atoms with E-state index < -0.39 is 6.16 Å². The van der Waals surface area contributed by atoms with Crippen LogP contribution in [0.15, 0.2) is 97.1 Å². The van der Waals surface area contributed by atoms with Crippen molar-refractivity contribution in [1.29, 1.82) is 0 Å². The molecule has 32 heavy (non-hydrogen) atoms. The van der Waals surface area contributed by atoms with Crippen LogP contribution < -0.4 is 9.47 Å². The lowest BCUT2D eigenvalue weighted by Crippen LogP contribution is -2.13. The third-order valence-electron chi connectivity index (χ3n) is 5.53. The van der Waals surface area contributed by atoms with Gasteiger partial charge in [-0.1, -0.05) is 86.6 Å². The van der Waals surface area contributed by atoms with Crippen molar-refractivity contribution in [2.24, 2.45) is 0 Å². The average molecular weight is 423 g/mol. The van der Waals surface area contributed by atoms with Crippen LogP contribution >= 0.6 is 0 Å². The highest BCUT2D eigenvalue weighted by Gasteiger charge is 2.10. The monoisotopic (exact) mass is 422 g/mol. The van der Waals surface area contributed by atoms with Gasteiger partial charge in [-0.05, 0) is 70.5 Å². The number of rotatable bonds is 6. The molecule has 0 aliphatic rings. The standard InChI is InChI=1S/C29H26O3/c1-3-21-9-5-7-11-27(21)23-13-17-25(18-14-23)31-29(30)32-26-19-15-24(16-20-26)28-12-8-6-10-22(28)4-2/h5-20H,3-4H2,1-2H3. The van der Waals surface area contributed by atoms with E-state index in [2.05, 4.69) is 38.1 Å². The van der Waals surface area contributed by atoms with Crippen LogP contribution in [0.1, 0.15) is 25.0 Å². The summed E-state index contributed by atoms with van der Waals surface area (Å²) in [6.45, 7) is 4.28. The molecule has 4 aromatic carbocycles. The fraction of sp³-hybridized carbons (Fsp3) is 0.138. The first kappa shape index (κ1) is 21.4. The van der Waals surface area contributed by atoms with E-state index in [1.54, 1.807) is 24.3 Å². The Bertz CT molecular complexity index is 1100. The van der Waals surface area contributed by atoms with Crippen LogP contribution in [-0.4, -0.2) is 6.16 Å². The highest BCUT2D eigenvalue weighted by atomic mass is 16.7. The Morgan fingerprint density at radius 1 is 0.562 bits per heavy atom. The van der Waals surface area contributed by atoms with Gasteiger partial charge in [0.05, 0.1) is 0 Å². The molecular weight excluding hydrogens is 396 g/mol. The Hall–Kier alpha value is -3.85. The Morgan fingerprint density at radius 3 is 1.31 bits per heavy atom. The van der Waals surface area contributed by atoms with Gasteiger partial charge in [0, 0.05) is 0 Å². The Morgan fingerprint density at radius 2 is 0.938 bits per heavy atom. The van der Waals surface area contributed by atoms with Crippen LogP contribution in [0.25, 0.3) is 22.3 Å². The van der Waals surface area contributed by atoms with E-state index in [0.29, 0.717) is 11.5 Å². The first-order chi connectivity index (χ1) is 15.7. The maximum atomic E-state index is 12.2. The third-order valence-corrected chi connectivity index (χ3v) is 5.53. The van der Waals surface area contributed by atoms with E-state index in [9.17, 15) is 4.79 Å². The molecule has 0 N–H and O–H groups in total. The molecule has 0 saturated heterocycles. The summed E-state index contributed by atoms with van der Waals surface area (Å²) in [4.78, 5) is 12.2. The summed E-state index contributed by atoms with van der Waals surface area (Å²) < 4.78 is 10.7. The fourth-order valence-corrected chi connectivity index (χ4v) is 3.84. The van der Waals surface area contributed by atoms with E-state index >= 15 is 0 Å². The molecule has 3 nitrogen and oxygen atoms in total. The van der Waals surface area contributed by atoms with Gasteiger partial charge < -0.3 is 9.47 Å². The predicted molar refractivity (Wildman–Crippen MR) is 129 cm³/mol. The maximum absolute atomic E-state index is 12.2. The zero-order valence-electron chi connectivity index (χ0n) is 18.4. The van der Waals surface area contributed by atoms with Gasteiger partial charge >= 0.3 is 6.16 Å². The Balaban J connectivity index is 1.40. The van der Waals surface area contributed by atoms with Crippen LogP contribution in [0.4, 0.5) is 4.79 Å². The lowest BCUT2D eigenvalue weighted by Gasteiger charge is -2.10. The summed E-state index contributed by atoms with van der Waals surface area (Å²) in [5, 5.41) is 0. The van der Waals surface area contributed by atoms with Crippen LogP contribution in [0, 0.1) is 0 Å². The Kier molecular flexibility index (Phi) is 6.66. The molecular formula is C29H26O3. The summed E-state index contributed by atoms with van der Waals surface area (Å²) in [7, 11) is 0. The SMILES string of the molecule is CCc1ccccc1-c1ccc(OC(=O)Oc2ccc(-c3ccccc3CC)cc2)cc1. The number of carbonyl (C=O) groups excluding carboxylic acids is 1. The lowest BCUT2D eigenvalue weighted by atomic mass is 9.98. The summed E-state index contributed by atoms with van der Waals surface area (Å²) in [6, 6.07) is 31.6. The van der Waals surface area contributed by atoms with Gasteiger partial charge in [-0.25, -0.2) is 4.79 Å². The molecule has 0 aliphatic carbocycles. The van der Waals surface area contributed by atoms with Crippen LogP contribution in [-0.2, 0) is 12.8 Å². The van der Waals surface area contributed by atoms with Crippen molar-refractivity contribution in [3.63, 3.8) is 0 Å². The van der Waals surface area contributed by atoms with E-state index in [-0.39, 0.29) is 0 Å². The van der Waals surface area contributed by atoms with Gasteiger partial charge in [0.2, 0.25) is 0 Å². The fourth-order valence-electron chi connectivity index (χ4n) is 3.84. The second-order valence-electron chi connectivity index (χ2n) is 7.52. The molecule has 0 fully saturated rings. The topological polar surface area (TPSA) is 35.5 Å². The van der Waals surface area contributed by atoms with E-state index in [0.717, 1.165) is 24.0 Å². The second-order valence-corrected chi connectivity index (χ2v) is 7.52. The van der Waals surface area contributed by atoms with Gasteiger partial charge in [-0.15, -0.1) is 0 Å². The summed E-state index contributed by atoms with van der Waals surface area (Å²) >= 11 is 0. The van der Waals surface area contributed by atoms with Crippen molar-refractivity contribution in [3.05, 3.63) is 108 Å². The van der Waals surface area contributed by atoms with Crippen LogP contribution in [0.3, 0.4) is 0 Å². The molecule has 0 radical (unpaired) electrons. The molecule has 0 atom stereocenters. The zero-order chi connectivity index (χ0) is 22.3. The maximum Gasteiger partial charge on any atom is 0.519 e. The number of hydrogen-bond donors (Lipinski definition) is 0. The minimum Gasteiger partial charge on any atom is -0.395 e. The molecule has 4 rings (SSSR count). The molecule has 160 valence electrons. The molecule has 0 amide bonds. The summed E-state index contributed by atoms with van der Waals surface area (Å²) in [5.41, 5.74) is 7.12. The van der Waals surface area contributed by atoms with Gasteiger partial charge in [0.15, 0.2) is 0 Å². The highest BCUT2D eigenvalue weighted by molar-refractivity contribution is 5.72. The van der Waals surface area contributed by atoms with E-state index in [1.165, 1.54) is 22.3 Å². The van der Waals surface area contributed by atoms with E-state index in [4.69, 9.17) is 9.47 Å². The number of ether oxygens (including phenoxy) is 2. The first-order valence-electron chi connectivity index (χ1n) is 10.9. The molecule has 0 heterocycles. The predicted octanol–water partition coefficient (Wildman–Crippen LogP) is 7.72. The van der Waals surface area contributed by atoms with Gasteiger partial charge in [-0.3, -0.25) is 0 Å². The molecule has 0 bridgehead atoms. The van der Waals surface area contributed by atoms with Crippen molar-refractivity contribution in [2.45, 2.75) is 26.7 Å². The lowest BCUT2D eigenvalue weighted by molar-refractivity contribution is 0.152. The largest absolute Gasteiger partial charge is 0.519 e. The molecule has 0 aromatic heterocycles. The Labute approximate surface area is 189 Å². The highest BCUT2D eigenvalue weighted by Crippen LogP contribution is 2.28. The van der Waals surface area contributed by atoms with Gasteiger partial charge in [0.1, 0.15) is 11.5 Å². The molecule has 3 heteroatoms. The van der Waals surface area contributed by atoms with Crippen molar-refractivity contribution >= 4 is 6.16 Å². The molecule has 4 aromatic rings. The van der Waals surface area contributed by atoms with Crippen molar-refractivity contribution < 1.29 is 14.3 Å². The van der Waals surface area contributed by atoms with Gasteiger partial charge in [0.25, 0.3) is 0 Å². The number of carbonyl (C=O) groups is 1. The normalized spacial score (nSPS) is 10.6. The zero-order valence-corrected chi connectivity index (χ0v) is 18.4. The van der Waals surface area contributed by atoms with Crippen molar-refractivity contribution in [1.82, 2.24) is 0 Å². The molecule has 0 unspecified atom stereocenters. The summed E-state index contributed by atoms with van der Waals surface area (Å²) in [5.74, 6) is 0.891. The minimum absolute atomic E-state index is 0.446. The van der Waals surface area contributed by atoms with Crippen molar-refractivity contribution in [2.75, 3.05) is 0 Å². The smallest absolute Gasteiger partial charge is 0.395 e. The van der Waals surface area contributed by atoms with Crippen molar-refractivity contribution in [3.8, 4) is 33.8 Å². The average Bonchev–Trinajstić information content (AvgIpc) is 2.85. The number of benzene rings is 4. The molecule has 0 aliphatic heterocycles. The molecule has 0 spiro atoms.